The van der Waals surface area contributed by atoms with Crippen LogP contribution in [0.4, 0.5) is 18.9 Å². The van der Waals surface area contributed by atoms with Gasteiger partial charge < -0.3 is 14.9 Å². The number of nitrogens with zero attached hydrogens (tertiary/aromatic N) is 3. The molecular formula is C18H25F3N3NaO2. The number of carbonyl (C=O) groups is 1. The number of anilines is 1. The van der Waals surface area contributed by atoms with Crippen molar-refractivity contribution in [2.24, 2.45) is 0 Å². The molecule has 0 bridgehead atoms. The summed E-state index contributed by atoms with van der Waals surface area (Å²) < 4.78 is 39.3. The molecule has 0 amide bonds. The Morgan fingerprint density at radius 3 is 2.15 bits per heavy atom. The molecule has 0 aliphatic carbocycles. The van der Waals surface area contributed by atoms with E-state index in [4.69, 9.17) is 5.11 Å². The molecule has 0 atom stereocenters. The Balaban J connectivity index is 0.00000261. The summed E-state index contributed by atoms with van der Waals surface area (Å²) in [7, 11) is 2.10. The van der Waals surface area contributed by atoms with Crippen molar-refractivity contribution in [2.75, 3.05) is 51.2 Å². The van der Waals surface area contributed by atoms with Gasteiger partial charge in [0.1, 0.15) is 0 Å². The Hall–Kier alpha value is -0.800. The summed E-state index contributed by atoms with van der Waals surface area (Å²) in [6.07, 6.45) is -2.80. The fraction of sp³-hybridized carbons (Fsp3) is 0.611. The fourth-order valence-corrected chi connectivity index (χ4v) is 3.76. The summed E-state index contributed by atoms with van der Waals surface area (Å²) in [6.45, 7) is 5.39. The third kappa shape index (κ3) is 5.60. The Kier molecular flexibility index (Phi) is 7.61. The Labute approximate surface area is 179 Å². The van der Waals surface area contributed by atoms with E-state index in [-0.39, 0.29) is 35.1 Å². The van der Waals surface area contributed by atoms with Gasteiger partial charge in [-0.25, -0.2) is 4.79 Å². The van der Waals surface area contributed by atoms with E-state index in [1.54, 1.807) is 0 Å². The number of piperazine rings is 1. The standard InChI is InChI=1S/C18H24F3N3O2.Na.H/c1-22-6-8-24(9-7-22)15-2-4-23(5-3-15)16-11-13(17(25)26)10-14(12-16)18(19,20)21;;/h10-12,15H,2-9H2,1H3,(H,25,26);;. The number of benzene rings is 1. The molecule has 2 saturated heterocycles. The molecule has 2 aliphatic rings. The van der Waals surface area contributed by atoms with Gasteiger partial charge in [0.15, 0.2) is 0 Å². The molecule has 1 aromatic rings. The maximum absolute atomic E-state index is 13.1. The first kappa shape index (κ1) is 22.5. The number of aromatic carboxylic acids is 1. The van der Waals surface area contributed by atoms with E-state index in [1.165, 1.54) is 6.07 Å². The molecule has 146 valence electrons. The van der Waals surface area contributed by atoms with Gasteiger partial charge in [-0.3, -0.25) is 4.90 Å². The van der Waals surface area contributed by atoms with Crippen LogP contribution in [0.25, 0.3) is 0 Å². The van der Waals surface area contributed by atoms with Crippen LogP contribution in [0, 0.1) is 0 Å². The molecule has 9 heteroatoms. The van der Waals surface area contributed by atoms with Crippen LogP contribution in [0.3, 0.4) is 0 Å². The second-order valence-corrected chi connectivity index (χ2v) is 7.13. The van der Waals surface area contributed by atoms with Gasteiger partial charge in [0, 0.05) is 51.0 Å². The molecule has 0 unspecified atom stereocenters. The van der Waals surface area contributed by atoms with E-state index in [2.05, 4.69) is 16.8 Å². The van der Waals surface area contributed by atoms with E-state index in [9.17, 15) is 18.0 Å². The zero-order valence-electron chi connectivity index (χ0n) is 14.8. The van der Waals surface area contributed by atoms with Crippen molar-refractivity contribution < 1.29 is 23.1 Å². The van der Waals surface area contributed by atoms with Crippen molar-refractivity contribution in [3.63, 3.8) is 0 Å². The van der Waals surface area contributed by atoms with Crippen LogP contribution < -0.4 is 4.90 Å². The summed E-state index contributed by atoms with van der Waals surface area (Å²) in [4.78, 5) is 17.8. The number of hydrogen-bond donors (Lipinski definition) is 1. The van der Waals surface area contributed by atoms with E-state index < -0.39 is 17.7 Å². The molecule has 0 spiro atoms. The van der Waals surface area contributed by atoms with E-state index >= 15 is 0 Å². The molecule has 2 fully saturated rings. The normalized spacial score (nSPS) is 20.4. The predicted molar refractivity (Wildman–Crippen MR) is 99.9 cm³/mol. The van der Waals surface area contributed by atoms with E-state index in [0.29, 0.717) is 30.9 Å². The Bertz CT molecular complexity index is 656. The molecule has 2 heterocycles. The minimum absolute atomic E-state index is 0. The van der Waals surface area contributed by atoms with Crippen molar-refractivity contribution in [1.29, 1.82) is 0 Å². The van der Waals surface area contributed by atoms with Crippen LogP contribution >= 0.6 is 0 Å². The quantitative estimate of drug-likeness (QED) is 0.793. The zero-order chi connectivity index (χ0) is 18.9. The van der Waals surface area contributed by atoms with E-state index in [1.807, 2.05) is 4.90 Å². The van der Waals surface area contributed by atoms with Gasteiger partial charge in [0.2, 0.25) is 0 Å². The summed E-state index contributed by atoms with van der Waals surface area (Å²) in [5.74, 6) is -1.34. The summed E-state index contributed by atoms with van der Waals surface area (Å²) in [5, 5.41) is 9.13. The van der Waals surface area contributed by atoms with Crippen molar-refractivity contribution >= 4 is 41.2 Å². The predicted octanol–water partition coefficient (Wildman–Crippen LogP) is 1.97. The van der Waals surface area contributed by atoms with Crippen LogP contribution in [0.1, 0.15) is 28.8 Å². The molecule has 1 aromatic carbocycles. The summed E-state index contributed by atoms with van der Waals surface area (Å²) >= 11 is 0. The van der Waals surface area contributed by atoms with Gasteiger partial charge in [-0.15, -0.1) is 0 Å². The summed E-state index contributed by atoms with van der Waals surface area (Å²) in [5.41, 5.74) is -0.890. The minimum atomic E-state index is -4.56. The fourth-order valence-electron chi connectivity index (χ4n) is 3.76. The monoisotopic (exact) mass is 395 g/mol. The van der Waals surface area contributed by atoms with Crippen molar-refractivity contribution in [1.82, 2.24) is 9.80 Å². The first-order valence-corrected chi connectivity index (χ1v) is 8.87. The SMILES string of the molecule is CN1CCN(C2CCN(c3cc(C(=O)O)cc(C(F)(F)F)c3)CC2)CC1.[NaH]. The number of alkyl halides is 3. The molecular weight excluding hydrogens is 370 g/mol. The van der Waals surface area contributed by atoms with Gasteiger partial charge in [0.25, 0.3) is 0 Å². The molecule has 1 N–H and O–H groups in total. The third-order valence-electron chi connectivity index (χ3n) is 5.38. The maximum atomic E-state index is 13.1. The number of hydrogen-bond acceptors (Lipinski definition) is 4. The van der Waals surface area contributed by atoms with Crippen LogP contribution in [0.2, 0.25) is 0 Å². The number of piperidine rings is 1. The van der Waals surface area contributed by atoms with E-state index in [0.717, 1.165) is 45.1 Å². The number of rotatable bonds is 3. The van der Waals surface area contributed by atoms with Crippen LogP contribution in [-0.2, 0) is 6.18 Å². The van der Waals surface area contributed by atoms with Gasteiger partial charge >= 0.3 is 41.7 Å². The molecule has 0 aromatic heterocycles. The molecule has 2 aliphatic heterocycles. The molecule has 5 nitrogen and oxygen atoms in total. The molecule has 27 heavy (non-hydrogen) atoms. The first-order chi connectivity index (χ1) is 12.2. The van der Waals surface area contributed by atoms with Crippen LogP contribution in [-0.4, -0.2) is 103 Å². The molecule has 0 saturated carbocycles. The second-order valence-electron chi connectivity index (χ2n) is 7.13. The topological polar surface area (TPSA) is 47.0 Å². The van der Waals surface area contributed by atoms with Gasteiger partial charge in [-0.2, -0.15) is 13.2 Å². The van der Waals surface area contributed by atoms with Crippen molar-refractivity contribution in [2.45, 2.75) is 25.1 Å². The Morgan fingerprint density at radius 1 is 1.04 bits per heavy atom. The van der Waals surface area contributed by atoms with Crippen LogP contribution in [0.5, 0.6) is 0 Å². The van der Waals surface area contributed by atoms with Gasteiger partial charge in [0.05, 0.1) is 11.1 Å². The first-order valence-electron chi connectivity index (χ1n) is 8.87. The number of likely N-dealkylation sites (N-methyl/N-ethyl adjacent to an activating group) is 1. The van der Waals surface area contributed by atoms with Gasteiger partial charge in [-0.1, -0.05) is 0 Å². The Morgan fingerprint density at radius 2 is 1.63 bits per heavy atom. The van der Waals surface area contributed by atoms with Crippen molar-refractivity contribution in [3.8, 4) is 0 Å². The number of carboxylic acids is 1. The second kappa shape index (κ2) is 9.13. The van der Waals surface area contributed by atoms with Crippen molar-refractivity contribution in [3.05, 3.63) is 29.3 Å². The van der Waals surface area contributed by atoms with Gasteiger partial charge in [-0.05, 0) is 38.1 Å². The molecule has 0 radical (unpaired) electrons. The average Bonchev–Trinajstić information content (AvgIpc) is 2.61. The number of halogens is 3. The number of carboxylic acid groups (broad SMARTS) is 1. The zero-order valence-corrected chi connectivity index (χ0v) is 14.8. The third-order valence-corrected chi connectivity index (χ3v) is 5.38. The average molecular weight is 395 g/mol. The van der Waals surface area contributed by atoms with Crippen LogP contribution in [0.15, 0.2) is 18.2 Å². The molecule has 3 rings (SSSR count). The summed E-state index contributed by atoms with van der Waals surface area (Å²) in [6, 6.07) is 3.55.